The van der Waals surface area contributed by atoms with Crippen LogP contribution in [-0.2, 0) is 33.4 Å². The molecule has 0 rings (SSSR count). The monoisotopic (exact) mass is 192 g/mol. The Bertz CT molecular complexity index is 91.1. The van der Waals surface area contributed by atoms with Crippen molar-refractivity contribution in [1.29, 1.82) is 0 Å². The minimum atomic E-state index is 0. The smallest absolute Gasteiger partial charge is 0.369 e. The zero-order valence-electron chi connectivity index (χ0n) is 7.17. The van der Waals surface area contributed by atoms with Gasteiger partial charge in [-0.15, -0.1) is 0 Å². The van der Waals surface area contributed by atoms with Crippen molar-refractivity contribution in [2.45, 2.75) is 0 Å². The molecule has 0 spiro atoms. The van der Waals surface area contributed by atoms with Crippen molar-refractivity contribution < 1.29 is 33.4 Å². The van der Waals surface area contributed by atoms with E-state index in [0.717, 1.165) is 0 Å². The van der Waals surface area contributed by atoms with Crippen LogP contribution in [0, 0.1) is 0 Å². The van der Waals surface area contributed by atoms with Gasteiger partial charge in [-0.2, -0.15) is 0 Å². The van der Waals surface area contributed by atoms with Crippen LogP contribution in [0.4, 0.5) is 0 Å². The topological polar surface area (TPSA) is 188 Å². The molecular weight excluding hydrogens is 183 g/mol. The Morgan fingerprint density at radius 3 is 0.769 bits per heavy atom. The predicted molar refractivity (Wildman–Crippen MR) is 40.6 cm³/mol. The van der Waals surface area contributed by atoms with Crippen molar-refractivity contribution in [2.75, 3.05) is 0 Å². The van der Waals surface area contributed by atoms with Gasteiger partial charge in [-0.25, -0.2) is 0 Å². The molecule has 8 N–H and O–H groups in total. The average Bonchev–Trinajstić information content (AvgIpc) is 1.93. The molecule has 0 atom stereocenters. The summed E-state index contributed by atoms with van der Waals surface area (Å²) < 4.78 is 42.8. The van der Waals surface area contributed by atoms with Crippen LogP contribution in [0.2, 0.25) is 0 Å². The Kier molecular flexibility index (Phi) is 101. The van der Waals surface area contributed by atoms with Crippen molar-refractivity contribution in [1.82, 2.24) is 12.3 Å². The van der Waals surface area contributed by atoms with Crippen LogP contribution in [0.3, 0.4) is 0 Å². The summed E-state index contributed by atoms with van der Waals surface area (Å²) in [5.41, 5.74) is 0. The average molecular weight is 191 g/mol. The maximum Gasteiger partial charge on any atom is -0.369 e. The molecule has 0 aliphatic heterocycles. The van der Waals surface area contributed by atoms with Crippen molar-refractivity contribution in [3.8, 4) is 0 Å². The van der Waals surface area contributed by atoms with Crippen LogP contribution >= 0.6 is 0 Å². The van der Waals surface area contributed by atoms with E-state index in [2.05, 4.69) is 9.14 Å². The first kappa shape index (κ1) is 29.7. The zero-order valence-corrected chi connectivity index (χ0v) is 7.17. The van der Waals surface area contributed by atoms with Crippen LogP contribution in [0.5, 0.6) is 0 Å². The summed E-state index contributed by atoms with van der Waals surface area (Å²) in [6, 6.07) is 0. The van der Waals surface area contributed by atoms with Gasteiger partial charge < -0.3 is 17.8 Å². The van der Waals surface area contributed by atoms with Gasteiger partial charge in [-0.3, -0.25) is 0 Å². The molecule has 0 aliphatic carbocycles. The van der Waals surface area contributed by atoms with Crippen molar-refractivity contribution in [2.24, 2.45) is 0 Å². The van der Waals surface area contributed by atoms with Crippen molar-refractivity contribution in [3.05, 3.63) is 0 Å². The Morgan fingerprint density at radius 1 is 0.615 bits per heavy atom. The van der Waals surface area contributed by atoms with Crippen molar-refractivity contribution >= 4 is 29.4 Å². The number of rotatable bonds is 4. The molecule has 0 bridgehead atoms. The second-order valence-electron chi connectivity index (χ2n) is 0.657. The van der Waals surface area contributed by atoms with E-state index in [4.69, 9.17) is 18.8 Å². The molecule has 0 fully saturated rings. The Morgan fingerprint density at radius 2 is 0.769 bits per heavy atom. The first-order valence-corrected chi connectivity index (χ1v) is 1.89. The third-order valence-electron chi connectivity index (χ3n) is 0.222. The quantitative estimate of drug-likeness (QED) is 0.508. The zero-order chi connectivity index (χ0) is 8.24. The summed E-state index contributed by atoms with van der Waals surface area (Å²) in [5.74, 6) is 0. The maximum absolute atomic E-state index is 8.95. The number of hydrogen-bond acceptors (Lipinski definition) is 6. The fourth-order valence-electron chi connectivity index (χ4n) is 0.0454. The Balaban J connectivity index is -0.0000000267. The van der Waals surface area contributed by atoms with Gasteiger partial charge in [-0.1, -0.05) is 0 Å². The van der Waals surface area contributed by atoms with Gasteiger partial charge in [0.15, 0.2) is 0 Å². The normalized spacial score (nSPS) is 3.08. The summed E-state index contributed by atoms with van der Waals surface area (Å²) in [5, 5.41) is 0. The number of quaternary nitrogens is 2. The van der Waals surface area contributed by atoms with E-state index in [-0.39, 0.29) is 47.2 Å². The molecule has 13 heteroatoms. The van der Waals surface area contributed by atoms with Crippen LogP contribution < -0.4 is 12.3 Å². The molecule has 0 saturated carbocycles. The molecule has 9 nitrogen and oxygen atoms in total. The van der Waals surface area contributed by atoms with Crippen molar-refractivity contribution in [3.63, 3.8) is 0 Å². The minimum absolute atomic E-state index is 0. The molecule has 0 aromatic rings. The van der Waals surface area contributed by atoms with Gasteiger partial charge in [0.2, 0.25) is 0 Å². The van der Waals surface area contributed by atoms with Gasteiger partial charge in [0.25, 0.3) is 0 Å². The molecule has 0 radical (unpaired) electrons. The van der Waals surface area contributed by atoms with Gasteiger partial charge in [0, 0.05) is 0 Å². The van der Waals surface area contributed by atoms with Crippen LogP contribution in [0.15, 0.2) is 0 Å². The second kappa shape index (κ2) is 44.3. The fourth-order valence-corrected chi connectivity index (χ4v) is 0.0454. The molecule has 0 heterocycles. The molecule has 13 heavy (non-hydrogen) atoms. The van der Waals surface area contributed by atoms with E-state index in [1.807, 2.05) is 0 Å². The van der Waals surface area contributed by atoms with Gasteiger partial charge in [-0.05, 0) is 0 Å². The van der Waals surface area contributed by atoms with E-state index >= 15 is 0 Å². The third kappa shape index (κ3) is 101. The first-order chi connectivity index (χ1) is 4.83. The van der Waals surface area contributed by atoms with E-state index in [1.54, 1.807) is 0 Å². The standard InChI is InChI=1S/2B2O3.2H3N.O/c2*3-1-5-2-4;;;/h;;2*1H3;/q;;;;-2/p+2. The largest absolute Gasteiger partial charge is 2.00 e. The van der Waals surface area contributed by atoms with Crippen LogP contribution in [0.25, 0.3) is 0 Å². The third-order valence-corrected chi connectivity index (χ3v) is 0.222. The molecule has 72 valence electrons. The summed E-state index contributed by atoms with van der Waals surface area (Å²) in [7, 11) is 0.250. The van der Waals surface area contributed by atoms with Gasteiger partial charge >= 0.3 is 57.4 Å². The molecule has 0 unspecified atom stereocenters. The molecule has 0 amide bonds. The Hall–Kier alpha value is -1.06. The predicted octanol–water partition coefficient (Wildman–Crippen LogP) is -1.50. The van der Waals surface area contributed by atoms with E-state index in [9.17, 15) is 0 Å². The summed E-state index contributed by atoms with van der Waals surface area (Å²) in [6.07, 6.45) is 0. The SMILES string of the molecule is O=BOB=O.O=BOB=O.[NH4+].[NH4+].[O-2]. The first-order valence-electron chi connectivity index (χ1n) is 1.89. The van der Waals surface area contributed by atoms with Crippen LogP contribution in [0.1, 0.15) is 0 Å². The van der Waals surface area contributed by atoms with Gasteiger partial charge in [0.1, 0.15) is 0 Å². The molecule has 0 aliphatic rings. The summed E-state index contributed by atoms with van der Waals surface area (Å²) >= 11 is 0. The summed E-state index contributed by atoms with van der Waals surface area (Å²) in [4.78, 5) is 0. The minimum Gasteiger partial charge on any atom is -2.00 e. The molecule has 0 aromatic heterocycles. The Labute approximate surface area is 76.2 Å². The van der Waals surface area contributed by atoms with E-state index in [1.165, 1.54) is 0 Å². The van der Waals surface area contributed by atoms with E-state index < -0.39 is 0 Å². The maximum atomic E-state index is 8.95. The molecule has 0 saturated heterocycles. The fraction of sp³-hybridized carbons (Fsp3) is 0. The number of hydrogen-bond donors (Lipinski definition) is 2. The van der Waals surface area contributed by atoms with Gasteiger partial charge in [0.05, 0.1) is 0 Å². The molecule has 0 aromatic carbocycles. The molecular formula is H8B4N2O7. The van der Waals surface area contributed by atoms with E-state index in [0.29, 0.717) is 0 Å². The van der Waals surface area contributed by atoms with Crippen LogP contribution in [-0.4, -0.2) is 29.4 Å². The summed E-state index contributed by atoms with van der Waals surface area (Å²) in [6.45, 7) is 0. The second-order valence-corrected chi connectivity index (χ2v) is 0.657.